The average Bonchev–Trinajstić information content (AvgIpc) is 3.85. The normalized spacial score (nSPS) is 12.7. The minimum atomic E-state index is -0.0665. The lowest BCUT2D eigenvalue weighted by molar-refractivity contribution is 0.660. The van der Waals surface area contributed by atoms with Gasteiger partial charge in [0.15, 0.2) is 17.5 Å². The number of hydrogen-bond donors (Lipinski definition) is 0. The summed E-state index contributed by atoms with van der Waals surface area (Å²) >= 11 is 0. The quantitative estimate of drug-likeness (QED) is 0.161. The first kappa shape index (κ1) is 37.5. The summed E-state index contributed by atoms with van der Waals surface area (Å²) in [4.78, 5) is 15.7. The Morgan fingerprint density at radius 1 is 0.312 bits per heavy atom. The van der Waals surface area contributed by atoms with Crippen molar-refractivity contribution < 1.29 is 4.42 Å². The largest absolute Gasteiger partial charge is 0.456 e. The number of rotatable bonds is 7. The second-order valence-corrected chi connectivity index (χ2v) is 17.2. The molecule has 0 saturated heterocycles. The van der Waals surface area contributed by atoms with Gasteiger partial charge in [0.25, 0.3) is 0 Å². The summed E-state index contributed by atoms with van der Waals surface area (Å²) in [6.07, 6.45) is 0. The molecule has 0 atom stereocenters. The average molecular weight is 820 g/mol. The Labute approximate surface area is 372 Å². The molecular formula is C60H41N3O. The smallest absolute Gasteiger partial charge is 0.164 e. The van der Waals surface area contributed by atoms with Crippen LogP contribution in [0.25, 0.3) is 112 Å². The molecule has 2 aromatic heterocycles. The van der Waals surface area contributed by atoms with E-state index in [-0.39, 0.29) is 5.41 Å². The molecule has 0 spiro atoms. The topological polar surface area (TPSA) is 51.8 Å². The molecule has 0 radical (unpaired) electrons. The molecule has 11 aromatic rings. The fraction of sp³-hybridized carbons (Fsp3) is 0.0500. The Morgan fingerprint density at radius 3 is 1.58 bits per heavy atom. The van der Waals surface area contributed by atoms with Crippen LogP contribution in [0.2, 0.25) is 0 Å². The van der Waals surface area contributed by atoms with Crippen LogP contribution in [0.4, 0.5) is 0 Å². The fourth-order valence-corrected chi connectivity index (χ4v) is 9.69. The van der Waals surface area contributed by atoms with Crippen molar-refractivity contribution in [1.82, 2.24) is 15.0 Å². The van der Waals surface area contributed by atoms with Gasteiger partial charge in [0.2, 0.25) is 0 Å². The molecule has 0 unspecified atom stereocenters. The molecule has 12 rings (SSSR count). The Balaban J connectivity index is 0.985. The van der Waals surface area contributed by atoms with E-state index in [0.717, 1.165) is 72.0 Å². The van der Waals surface area contributed by atoms with Gasteiger partial charge < -0.3 is 4.42 Å². The van der Waals surface area contributed by atoms with Crippen molar-refractivity contribution in [2.24, 2.45) is 0 Å². The Bertz CT molecular complexity index is 3570. The Morgan fingerprint density at radius 2 is 0.812 bits per heavy atom. The van der Waals surface area contributed by atoms with Gasteiger partial charge in [-0.2, -0.15) is 0 Å². The van der Waals surface area contributed by atoms with Gasteiger partial charge in [-0.3, -0.25) is 0 Å². The van der Waals surface area contributed by atoms with Crippen LogP contribution in [0.1, 0.15) is 25.0 Å². The second kappa shape index (κ2) is 15.0. The first-order chi connectivity index (χ1) is 31.5. The lowest BCUT2D eigenvalue weighted by Crippen LogP contribution is -2.14. The van der Waals surface area contributed by atoms with Gasteiger partial charge in [-0.05, 0) is 97.1 Å². The predicted octanol–water partition coefficient (Wildman–Crippen LogP) is 15.7. The van der Waals surface area contributed by atoms with Gasteiger partial charge in [0.05, 0.1) is 0 Å². The first-order valence-electron chi connectivity index (χ1n) is 21.8. The molecule has 1 aliphatic carbocycles. The van der Waals surface area contributed by atoms with Crippen LogP contribution < -0.4 is 0 Å². The van der Waals surface area contributed by atoms with Gasteiger partial charge >= 0.3 is 0 Å². The molecular weight excluding hydrogens is 779 g/mol. The summed E-state index contributed by atoms with van der Waals surface area (Å²) in [7, 11) is 0. The molecule has 4 heteroatoms. The van der Waals surface area contributed by atoms with Crippen molar-refractivity contribution in [3.63, 3.8) is 0 Å². The Kier molecular flexibility index (Phi) is 8.80. The highest BCUT2D eigenvalue weighted by atomic mass is 16.3. The van der Waals surface area contributed by atoms with Gasteiger partial charge in [-0.1, -0.05) is 196 Å². The molecule has 1 aliphatic rings. The maximum atomic E-state index is 6.58. The lowest BCUT2D eigenvalue weighted by Gasteiger charge is -2.22. The van der Waals surface area contributed by atoms with E-state index in [1.54, 1.807) is 0 Å². The van der Waals surface area contributed by atoms with E-state index < -0.39 is 0 Å². The number of fused-ring (bicyclic) bond motifs is 6. The number of hydrogen-bond acceptors (Lipinski definition) is 4. The van der Waals surface area contributed by atoms with E-state index in [1.165, 1.54) is 33.4 Å². The van der Waals surface area contributed by atoms with Crippen LogP contribution in [-0.4, -0.2) is 15.0 Å². The lowest BCUT2D eigenvalue weighted by atomic mass is 9.81. The Hall–Kier alpha value is -8.21. The summed E-state index contributed by atoms with van der Waals surface area (Å²) < 4.78 is 6.58. The minimum absolute atomic E-state index is 0.0665. The minimum Gasteiger partial charge on any atom is -0.456 e. The zero-order chi connectivity index (χ0) is 42.8. The fourth-order valence-electron chi connectivity index (χ4n) is 9.69. The monoisotopic (exact) mass is 819 g/mol. The number of furan rings is 1. The highest BCUT2D eigenvalue weighted by molar-refractivity contribution is 6.13. The molecule has 0 fully saturated rings. The molecule has 0 aliphatic heterocycles. The SMILES string of the molecule is CC1(C)c2ccccc2-c2ccc(-c3cccc(-c4ccc5oc6cccc(-c7nc(-c8ccc(-c9ccccc9)cc8)nc(-c8ccccc8-c8ccccc8)n7)c6c5c4)c3)cc21. The van der Waals surface area contributed by atoms with Crippen molar-refractivity contribution in [3.05, 3.63) is 223 Å². The maximum Gasteiger partial charge on any atom is 0.164 e. The predicted molar refractivity (Wildman–Crippen MR) is 263 cm³/mol. The first-order valence-corrected chi connectivity index (χ1v) is 21.8. The third kappa shape index (κ3) is 6.34. The third-order valence-corrected chi connectivity index (χ3v) is 13.0. The number of nitrogens with zero attached hydrogens (tertiary/aromatic N) is 3. The van der Waals surface area contributed by atoms with Crippen molar-refractivity contribution in [2.45, 2.75) is 19.3 Å². The van der Waals surface area contributed by atoms with Gasteiger partial charge in [0, 0.05) is 32.9 Å². The van der Waals surface area contributed by atoms with Crippen LogP contribution in [0.15, 0.2) is 217 Å². The van der Waals surface area contributed by atoms with E-state index in [2.05, 4.69) is 196 Å². The molecule has 0 bridgehead atoms. The molecule has 302 valence electrons. The van der Waals surface area contributed by atoms with Crippen molar-refractivity contribution in [1.29, 1.82) is 0 Å². The highest BCUT2D eigenvalue weighted by Gasteiger charge is 2.35. The van der Waals surface area contributed by atoms with E-state index in [0.29, 0.717) is 17.5 Å². The van der Waals surface area contributed by atoms with Crippen LogP contribution in [0.3, 0.4) is 0 Å². The summed E-state index contributed by atoms with van der Waals surface area (Å²) in [5.74, 6) is 1.79. The van der Waals surface area contributed by atoms with E-state index in [1.807, 2.05) is 30.3 Å². The molecule has 9 aromatic carbocycles. The number of benzene rings is 9. The van der Waals surface area contributed by atoms with Crippen molar-refractivity contribution in [2.75, 3.05) is 0 Å². The van der Waals surface area contributed by atoms with Crippen LogP contribution >= 0.6 is 0 Å². The van der Waals surface area contributed by atoms with Crippen LogP contribution in [-0.2, 0) is 5.41 Å². The summed E-state index contributed by atoms with van der Waals surface area (Å²) in [6.45, 7) is 4.67. The summed E-state index contributed by atoms with van der Waals surface area (Å²) in [5.41, 5.74) is 18.7. The van der Waals surface area contributed by atoms with E-state index >= 15 is 0 Å². The van der Waals surface area contributed by atoms with Crippen molar-refractivity contribution in [3.8, 4) is 89.8 Å². The summed E-state index contributed by atoms with van der Waals surface area (Å²) in [6, 6.07) is 74.9. The third-order valence-electron chi connectivity index (χ3n) is 13.0. The van der Waals surface area contributed by atoms with Crippen LogP contribution in [0.5, 0.6) is 0 Å². The molecule has 64 heavy (non-hydrogen) atoms. The number of aromatic nitrogens is 3. The zero-order valence-electron chi connectivity index (χ0n) is 35.5. The van der Waals surface area contributed by atoms with Gasteiger partial charge in [-0.25, -0.2) is 15.0 Å². The molecule has 0 N–H and O–H groups in total. The maximum absolute atomic E-state index is 6.58. The van der Waals surface area contributed by atoms with Crippen molar-refractivity contribution >= 4 is 21.9 Å². The van der Waals surface area contributed by atoms with Gasteiger partial charge in [-0.15, -0.1) is 0 Å². The highest BCUT2D eigenvalue weighted by Crippen LogP contribution is 2.50. The molecule has 2 heterocycles. The van der Waals surface area contributed by atoms with Gasteiger partial charge in [0.1, 0.15) is 11.2 Å². The zero-order valence-corrected chi connectivity index (χ0v) is 35.5. The second-order valence-electron chi connectivity index (χ2n) is 17.2. The van der Waals surface area contributed by atoms with Crippen LogP contribution in [0, 0.1) is 0 Å². The van der Waals surface area contributed by atoms with E-state index in [9.17, 15) is 0 Å². The van der Waals surface area contributed by atoms with E-state index in [4.69, 9.17) is 19.4 Å². The summed E-state index contributed by atoms with van der Waals surface area (Å²) in [5, 5.41) is 1.97. The molecule has 0 amide bonds. The molecule has 4 nitrogen and oxygen atoms in total. The standard InChI is InChI=1S/C60H41N3O/c1-60(2)52-25-12-11-22-47(52)48-33-31-45(37-53(48)60)43-20-13-19-42(35-43)44-32-34-54-51(36-44)56-50(24-14-26-55(56)64-54)59-62-57(41-29-27-39(28-30-41)38-15-5-3-6-16-38)61-58(63-59)49-23-10-9-21-46(49)40-17-7-4-8-18-40/h3-37H,1-2H3. The molecule has 0 saturated carbocycles.